The lowest BCUT2D eigenvalue weighted by Gasteiger charge is -2.19. The Morgan fingerprint density at radius 3 is 2.79 bits per heavy atom. The monoisotopic (exact) mass is 255 g/mol. The van der Waals surface area contributed by atoms with Crippen molar-refractivity contribution in [2.75, 3.05) is 6.54 Å². The third kappa shape index (κ3) is 2.46. The molecule has 0 saturated heterocycles. The molecule has 2 aromatic heterocycles. The minimum Gasteiger partial charge on any atom is -0.311 e. The summed E-state index contributed by atoms with van der Waals surface area (Å²) in [6.45, 7) is 4.00. The average molecular weight is 255 g/mol. The number of fused-ring (bicyclic) bond motifs is 1. The van der Waals surface area contributed by atoms with Crippen LogP contribution in [0.15, 0.2) is 18.5 Å². The van der Waals surface area contributed by atoms with Gasteiger partial charge >= 0.3 is 0 Å². The topological polar surface area (TPSA) is 63.6 Å². The highest BCUT2D eigenvalue weighted by molar-refractivity contribution is 5.45. The number of nitrogens with zero attached hydrogens (tertiary/aromatic N) is 4. The Balaban J connectivity index is 2.09. The van der Waals surface area contributed by atoms with Crippen LogP contribution in [0.3, 0.4) is 0 Å². The van der Waals surface area contributed by atoms with Gasteiger partial charge in [0.25, 0.3) is 0 Å². The quantitative estimate of drug-likeness (QED) is 0.901. The standard InChI is InChI=1S/C14H17N5/c1-2-4-11-10-5-8-15-9-12(10)19-14(18-11)13-16-6-3-7-17-13/h3,6-7,15H,2,4-5,8-9H2,1H3. The molecule has 0 spiro atoms. The van der Waals surface area contributed by atoms with Crippen LogP contribution in [0.25, 0.3) is 11.6 Å². The van der Waals surface area contributed by atoms with Crippen LogP contribution in [-0.4, -0.2) is 26.5 Å². The van der Waals surface area contributed by atoms with E-state index in [0.717, 1.165) is 43.7 Å². The van der Waals surface area contributed by atoms with E-state index in [9.17, 15) is 0 Å². The molecule has 1 N–H and O–H groups in total. The van der Waals surface area contributed by atoms with E-state index in [-0.39, 0.29) is 0 Å². The molecule has 0 saturated carbocycles. The molecule has 0 bridgehead atoms. The second-order valence-electron chi connectivity index (χ2n) is 4.67. The first-order valence-electron chi connectivity index (χ1n) is 6.75. The van der Waals surface area contributed by atoms with E-state index in [0.29, 0.717) is 11.6 Å². The third-order valence-electron chi connectivity index (χ3n) is 3.28. The summed E-state index contributed by atoms with van der Waals surface area (Å²) in [6.07, 6.45) is 6.54. The lowest BCUT2D eigenvalue weighted by atomic mass is 10.0. The van der Waals surface area contributed by atoms with Gasteiger partial charge in [-0.15, -0.1) is 0 Å². The van der Waals surface area contributed by atoms with Crippen LogP contribution < -0.4 is 5.32 Å². The normalized spacial score (nSPS) is 14.2. The van der Waals surface area contributed by atoms with Crippen molar-refractivity contribution < 1.29 is 0 Å². The molecule has 0 unspecified atom stereocenters. The van der Waals surface area contributed by atoms with Crippen molar-refractivity contribution in [1.29, 1.82) is 0 Å². The molecule has 1 aliphatic heterocycles. The summed E-state index contributed by atoms with van der Waals surface area (Å²) in [5.41, 5.74) is 3.59. The second-order valence-corrected chi connectivity index (χ2v) is 4.67. The summed E-state index contributed by atoms with van der Waals surface area (Å²) < 4.78 is 0. The second kappa shape index (κ2) is 5.40. The number of hydrogen-bond acceptors (Lipinski definition) is 5. The first-order valence-corrected chi connectivity index (χ1v) is 6.75. The fourth-order valence-corrected chi connectivity index (χ4v) is 2.40. The Morgan fingerprint density at radius 2 is 2.00 bits per heavy atom. The molecule has 0 atom stereocenters. The lowest BCUT2D eigenvalue weighted by Crippen LogP contribution is -2.27. The van der Waals surface area contributed by atoms with Gasteiger partial charge in [0.2, 0.25) is 0 Å². The zero-order valence-corrected chi connectivity index (χ0v) is 11.1. The van der Waals surface area contributed by atoms with Crippen LogP contribution >= 0.6 is 0 Å². The van der Waals surface area contributed by atoms with Crippen LogP contribution in [0.5, 0.6) is 0 Å². The van der Waals surface area contributed by atoms with E-state index in [1.165, 1.54) is 5.56 Å². The summed E-state index contributed by atoms with van der Waals surface area (Å²) >= 11 is 0. The van der Waals surface area contributed by atoms with Crippen molar-refractivity contribution in [3.63, 3.8) is 0 Å². The zero-order valence-electron chi connectivity index (χ0n) is 11.1. The summed E-state index contributed by atoms with van der Waals surface area (Å²) in [5.74, 6) is 1.25. The molecule has 3 heterocycles. The van der Waals surface area contributed by atoms with Crippen molar-refractivity contribution in [2.45, 2.75) is 32.7 Å². The molecule has 19 heavy (non-hydrogen) atoms. The van der Waals surface area contributed by atoms with Gasteiger partial charge in [0.05, 0.1) is 5.69 Å². The van der Waals surface area contributed by atoms with E-state index < -0.39 is 0 Å². The predicted octanol–water partition coefficient (Wildman–Crippen LogP) is 1.53. The largest absolute Gasteiger partial charge is 0.311 e. The molecule has 0 amide bonds. The summed E-state index contributed by atoms with van der Waals surface area (Å²) in [6, 6.07) is 1.80. The summed E-state index contributed by atoms with van der Waals surface area (Å²) in [5, 5.41) is 3.36. The van der Waals surface area contributed by atoms with E-state index in [1.807, 2.05) is 0 Å². The molecule has 5 heteroatoms. The van der Waals surface area contributed by atoms with Gasteiger partial charge in [0.15, 0.2) is 11.6 Å². The smallest absolute Gasteiger partial charge is 0.198 e. The van der Waals surface area contributed by atoms with E-state index >= 15 is 0 Å². The predicted molar refractivity (Wildman–Crippen MR) is 72.5 cm³/mol. The molecule has 98 valence electrons. The van der Waals surface area contributed by atoms with Crippen LogP contribution in [0, 0.1) is 0 Å². The maximum Gasteiger partial charge on any atom is 0.198 e. The van der Waals surface area contributed by atoms with Gasteiger partial charge in [-0.2, -0.15) is 0 Å². The van der Waals surface area contributed by atoms with Crippen molar-refractivity contribution in [3.05, 3.63) is 35.4 Å². The van der Waals surface area contributed by atoms with E-state index in [2.05, 4.69) is 32.2 Å². The fraction of sp³-hybridized carbons (Fsp3) is 0.429. The number of hydrogen-bond donors (Lipinski definition) is 1. The molecule has 3 rings (SSSR count). The number of rotatable bonds is 3. The van der Waals surface area contributed by atoms with Gasteiger partial charge in [0, 0.05) is 24.6 Å². The molecule has 2 aromatic rings. The zero-order chi connectivity index (χ0) is 13.1. The number of aromatic nitrogens is 4. The first-order chi connectivity index (χ1) is 9.38. The van der Waals surface area contributed by atoms with Crippen LogP contribution in [0.4, 0.5) is 0 Å². The third-order valence-corrected chi connectivity index (χ3v) is 3.28. The van der Waals surface area contributed by atoms with Crippen LogP contribution in [-0.2, 0) is 19.4 Å². The van der Waals surface area contributed by atoms with Gasteiger partial charge in [-0.1, -0.05) is 13.3 Å². The SMILES string of the molecule is CCCc1nc(-c2ncccn2)nc2c1CCNC2. The van der Waals surface area contributed by atoms with Gasteiger partial charge in [-0.25, -0.2) is 19.9 Å². The molecule has 1 aliphatic rings. The lowest BCUT2D eigenvalue weighted by molar-refractivity contribution is 0.614. The Kier molecular flexibility index (Phi) is 3.46. The van der Waals surface area contributed by atoms with Crippen molar-refractivity contribution in [2.24, 2.45) is 0 Å². The molecule has 0 radical (unpaired) electrons. The van der Waals surface area contributed by atoms with Gasteiger partial charge in [-0.3, -0.25) is 0 Å². The van der Waals surface area contributed by atoms with E-state index in [4.69, 9.17) is 0 Å². The van der Waals surface area contributed by atoms with Gasteiger partial charge in [0.1, 0.15) is 0 Å². The minimum atomic E-state index is 0.605. The first kappa shape index (κ1) is 12.2. The molecule has 0 fully saturated rings. The highest BCUT2D eigenvalue weighted by Crippen LogP contribution is 2.20. The Morgan fingerprint density at radius 1 is 1.16 bits per heavy atom. The Labute approximate surface area is 112 Å². The highest BCUT2D eigenvalue weighted by Gasteiger charge is 2.18. The van der Waals surface area contributed by atoms with Crippen molar-refractivity contribution in [1.82, 2.24) is 25.3 Å². The molecule has 0 aromatic carbocycles. The molecule has 0 aliphatic carbocycles. The van der Waals surface area contributed by atoms with Crippen LogP contribution in [0.2, 0.25) is 0 Å². The number of aryl methyl sites for hydroxylation is 1. The summed E-state index contributed by atoms with van der Waals surface area (Å²) in [7, 11) is 0. The van der Waals surface area contributed by atoms with Crippen molar-refractivity contribution in [3.8, 4) is 11.6 Å². The fourth-order valence-electron chi connectivity index (χ4n) is 2.40. The maximum absolute atomic E-state index is 4.68. The Bertz CT molecular complexity index is 568. The van der Waals surface area contributed by atoms with Gasteiger partial charge in [-0.05, 0) is 31.0 Å². The van der Waals surface area contributed by atoms with Crippen molar-refractivity contribution >= 4 is 0 Å². The maximum atomic E-state index is 4.68. The highest BCUT2D eigenvalue weighted by atomic mass is 15.0. The molecular formula is C14H17N5. The molecular weight excluding hydrogens is 238 g/mol. The Hall–Kier alpha value is -1.88. The van der Waals surface area contributed by atoms with Crippen LogP contribution in [0.1, 0.15) is 30.3 Å². The molecule has 5 nitrogen and oxygen atoms in total. The number of nitrogens with one attached hydrogen (secondary N) is 1. The average Bonchev–Trinajstić information content (AvgIpc) is 2.48. The van der Waals surface area contributed by atoms with E-state index in [1.54, 1.807) is 18.5 Å². The minimum absolute atomic E-state index is 0.605. The summed E-state index contributed by atoms with van der Waals surface area (Å²) in [4.78, 5) is 17.8. The van der Waals surface area contributed by atoms with Gasteiger partial charge < -0.3 is 5.32 Å².